The van der Waals surface area contributed by atoms with E-state index in [1.165, 1.54) is 11.6 Å². The minimum atomic E-state index is -0.269. The monoisotopic (exact) mass is 228 g/mol. The van der Waals surface area contributed by atoms with E-state index in [9.17, 15) is 4.79 Å². The summed E-state index contributed by atoms with van der Waals surface area (Å²) < 4.78 is 5.25. The van der Waals surface area contributed by atoms with Crippen LogP contribution in [0.3, 0.4) is 0 Å². The first-order valence-electron chi connectivity index (χ1n) is 5.93. The minimum Gasteiger partial charge on any atom is -0.428 e. The molecular weight excluding hydrogens is 212 g/mol. The molecule has 17 heavy (non-hydrogen) atoms. The zero-order valence-corrected chi connectivity index (χ0v) is 9.93. The van der Waals surface area contributed by atoms with Crippen molar-refractivity contribution >= 4 is 0 Å². The van der Waals surface area contributed by atoms with Crippen LogP contribution in [0.5, 0.6) is 0 Å². The van der Waals surface area contributed by atoms with Gasteiger partial charge >= 0.3 is 5.63 Å². The van der Waals surface area contributed by atoms with Gasteiger partial charge in [-0.15, -0.1) is 0 Å². The van der Waals surface area contributed by atoms with Gasteiger partial charge in [-0.1, -0.05) is 43.3 Å². The van der Waals surface area contributed by atoms with Crippen LogP contribution in [-0.2, 0) is 6.42 Å². The third kappa shape index (κ3) is 3.06. The number of hydrogen-bond donors (Lipinski definition) is 0. The van der Waals surface area contributed by atoms with Gasteiger partial charge in [0.25, 0.3) is 0 Å². The van der Waals surface area contributed by atoms with Gasteiger partial charge in [0.15, 0.2) is 0 Å². The lowest BCUT2D eigenvalue weighted by Crippen LogP contribution is -2.06. The van der Waals surface area contributed by atoms with Crippen molar-refractivity contribution in [2.24, 2.45) is 0 Å². The third-order valence-electron chi connectivity index (χ3n) is 2.93. The molecule has 1 unspecified atom stereocenters. The summed E-state index contributed by atoms with van der Waals surface area (Å²) in [5.74, 6) is 1.05. The molecule has 2 nitrogen and oxygen atoms in total. The van der Waals surface area contributed by atoms with Crippen LogP contribution in [0.4, 0.5) is 0 Å². The summed E-state index contributed by atoms with van der Waals surface area (Å²) in [5.41, 5.74) is 1.000. The van der Waals surface area contributed by atoms with Crippen LogP contribution in [0.2, 0.25) is 0 Å². The van der Waals surface area contributed by atoms with Crippen LogP contribution in [0.15, 0.2) is 57.7 Å². The van der Waals surface area contributed by atoms with E-state index in [4.69, 9.17) is 4.42 Å². The van der Waals surface area contributed by atoms with Crippen molar-refractivity contribution in [3.63, 3.8) is 0 Å². The van der Waals surface area contributed by atoms with Crippen LogP contribution >= 0.6 is 0 Å². The Labute approximate surface area is 101 Å². The molecule has 0 saturated heterocycles. The number of rotatable bonds is 4. The van der Waals surface area contributed by atoms with Crippen molar-refractivity contribution in [2.75, 3.05) is 0 Å². The lowest BCUT2D eigenvalue weighted by Gasteiger charge is -2.13. The first kappa shape index (κ1) is 11.6. The van der Waals surface area contributed by atoms with Gasteiger partial charge in [-0.2, -0.15) is 0 Å². The van der Waals surface area contributed by atoms with E-state index in [0.717, 1.165) is 18.6 Å². The highest BCUT2D eigenvalue weighted by atomic mass is 16.4. The van der Waals surface area contributed by atoms with E-state index in [-0.39, 0.29) is 11.5 Å². The lowest BCUT2D eigenvalue weighted by atomic mass is 9.94. The molecule has 2 heteroatoms. The van der Waals surface area contributed by atoms with E-state index in [1.54, 1.807) is 6.07 Å². The predicted molar refractivity (Wildman–Crippen MR) is 68.2 cm³/mol. The quantitative estimate of drug-likeness (QED) is 0.803. The van der Waals surface area contributed by atoms with Crippen molar-refractivity contribution in [3.05, 3.63) is 70.3 Å². The summed E-state index contributed by atoms with van der Waals surface area (Å²) in [4.78, 5) is 11.2. The van der Waals surface area contributed by atoms with Gasteiger partial charge in [-0.05, 0) is 24.5 Å². The second-order valence-electron chi connectivity index (χ2n) is 4.14. The van der Waals surface area contributed by atoms with E-state index in [1.807, 2.05) is 24.3 Å². The summed E-state index contributed by atoms with van der Waals surface area (Å²) in [5, 5.41) is 0. The SMILES string of the molecule is CCC(Cc1ccccc1)c1cccc(=O)o1. The average Bonchev–Trinajstić information content (AvgIpc) is 2.37. The van der Waals surface area contributed by atoms with E-state index in [2.05, 4.69) is 19.1 Å². The molecule has 1 aromatic carbocycles. The molecule has 0 aliphatic rings. The standard InChI is InChI=1S/C15H16O2/c1-2-13(11-12-7-4-3-5-8-12)14-9-6-10-15(16)17-14/h3-10,13H,2,11H2,1H3. The van der Waals surface area contributed by atoms with Crippen LogP contribution in [0.1, 0.15) is 30.6 Å². The molecule has 2 aromatic rings. The molecule has 0 spiro atoms. The topological polar surface area (TPSA) is 30.2 Å². The molecule has 0 aliphatic carbocycles. The molecule has 0 fully saturated rings. The fourth-order valence-corrected chi connectivity index (χ4v) is 1.97. The Kier molecular flexibility index (Phi) is 3.76. The molecule has 2 rings (SSSR count). The summed E-state index contributed by atoms with van der Waals surface area (Å²) in [6.07, 6.45) is 1.87. The van der Waals surface area contributed by atoms with Gasteiger partial charge in [0.1, 0.15) is 5.76 Å². The summed E-state index contributed by atoms with van der Waals surface area (Å²) in [6.45, 7) is 2.11. The van der Waals surface area contributed by atoms with E-state index in [0.29, 0.717) is 0 Å². The van der Waals surface area contributed by atoms with Gasteiger partial charge in [-0.3, -0.25) is 0 Å². The zero-order valence-electron chi connectivity index (χ0n) is 9.93. The van der Waals surface area contributed by atoms with Gasteiger partial charge in [-0.25, -0.2) is 4.79 Å². The fourth-order valence-electron chi connectivity index (χ4n) is 1.97. The molecule has 1 aromatic heterocycles. The Morgan fingerprint density at radius 3 is 2.47 bits per heavy atom. The molecule has 0 saturated carbocycles. The van der Waals surface area contributed by atoms with Gasteiger partial charge in [0.2, 0.25) is 0 Å². The maximum Gasteiger partial charge on any atom is 0.335 e. The number of benzene rings is 1. The summed E-state index contributed by atoms with van der Waals surface area (Å²) in [6, 6.07) is 15.4. The van der Waals surface area contributed by atoms with Crippen LogP contribution in [-0.4, -0.2) is 0 Å². The zero-order chi connectivity index (χ0) is 12.1. The molecular formula is C15H16O2. The maximum atomic E-state index is 11.2. The Bertz CT molecular complexity index is 514. The van der Waals surface area contributed by atoms with E-state index < -0.39 is 0 Å². The number of hydrogen-bond acceptors (Lipinski definition) is 2. The first-order chi connectivity index (χ1) is 8.29. The highest BCUT2D eigenvalue weighted by Gasteiger charge is 2.12. The van der Waals surface area contributed by atoms with Crippen molar-refractivity contribution in [2.45, 2.75) is 25.7 Å². The normalized spacial score (nSPS) is 12.3. The average molecular weight is 228 g/mol. The second-order valence-corrected chi connectivity index (χ2v) is 4.14. The highest BCUT2D eigenvalue weighted by molar-refractivity contribution is 5.18. The van der Waals surface area contributed by atoms with Crippen molar-refractivity contribution in [3.8, 4) is 0 Å². The molecule has 88 valence electrons. The molecule has 0 bridgehead atoms. The smallest absolute Gasteiger partial charge is 0.335 e. The Balaban J connectivity index is 2.20. The summed E-state index contributed by atoms with van der Waals surface area (Å²) >= 11 is 0. The van der Waals surface area contributed by atoms with Gasteiger partial charge in [0, 0.05) is 12.0 Å². The predicted octanol–water partition coefficient (Wildman–Crippen LogP) is 3.38. The maximum absolute atomic E-state index is 11.2. The van der Waals surface area contributed by atoms with Gasteiger partial charge < -0.3 is 4.42 Å². The summed E-state index contributed by atoms with van der Waals surface area (Å²) in [7, 11) is 0. The molecule has 0 N–H and O–H groups in total. The van der Waals surface area contributed by atoms with Crippen LogP contribution in [0, 0.1) is 0 Å². The Morgan fingerprint density at radius 1 is 1.06 bits per heavy atom. The van der Waals surface area contributed by atoms with Crippen LogP contribution < -0.4 is 5.63 Å². The van der Waals surface area contributed by atoms with Gasteiger partial charge in [0.05, 0.1) is 0 Å². The largest absolute Gasteiger partial charge is 0.428 e. The molecule has 0 aliphatic heterocycles. The molecule has 1 atom stereocenters. The minimum absolute atomic E-state index is 0.269. The molecule has 1 heterocycles. The Morgan fingerprint density at radius 2 is 1.82 bits per heavy atom. The molecule has 0 radical (unpaired) electrons. The second kappa shape index (κ2) is 5.48. The third-order valence-corrected chi connectivity index (χ3v) is 2.93. The fraction of sp³-hybridized carbons (Fsp3) is 0.267. The van der Waals surface area contributed by atoms with Crippen LogP contribution in [0.25, 0.3) is 0 Å². The van der Waals surface area contributed by atoms with Crippen molar-refractivity contribution in [1.82, 2.24) is 0 Å². The van der Waals surface area contributed by atoms with E-state index >= 15 is 0 Å². The van der Waals surface area contributed by atoms with Crippen molar-refractivity contribution < 1.29 is 4.42 Å². The molecule has 0 amide bonds. The Hall–Kier alpha value is -1.83. The first-order valence-corrected chi connectivity index (χ1v) is 5.93. The lowest BCUT2D eigenvalue weighted by molar-refractivity contribution is 0.414. The highest BCUT2D eigenvalue weighted by Crippen LogP contribution is 2.22. The van der Waals surface area contributed by atoms with Crippen molar-refractivity contribution in [1.29, 1.82) is 0 Å².